The number of nitrogens with zero attached hydrogens (tertiary/aromatic N) is 1. The Kier molecular flexibility index (Phi) is 4.63. The van der Waals surface area contributed by atoms with Crippen molar-refractivity contribution >= 4 is 21.5 Å². The van der Waals surface area contributed by atoms with Crippen molar-refractivity contribution in [1.82, 2.24) is 0 Å². The summed E-state index contributed by atoms with van der Waals surface area (Å²) in [7, 11) is 4.40. The Labute approximate surface area is 130 Å². The van der Waals surface area contributed by atoms with Crippen molar-refractivity contribution < 1.29 is 4.48 Å². The normalized spacial score (nSPS) is 21.8. The van der Waals surface area contributed by atoms with Gasteiger partial charge in [-0.25, -0.2) is 0 Å². The molecule has 0 bridgehead atoms. The van der Waals surface area contributed by atoms with Crippen molar-refractivity contribution in [2.45, 2.75) is 11.9 Å². The van der Waals surface area contributed by atoms with Crippen LogP contribution in [0, 0.1) is 6.92 Å². The molecule has 0 fully saturated rings. The van der Waals surface area contributed by atoms with Gasteiger partial charge in [0.15, 0.2) is 4.95 Å². The minimum absolute atomic E-state index is 0.272. The van der Waals surface area contributed by atoms with Crippen LogP contribution in [0.3, 0.4) is 0 Å². The van der Waals surface area contributed by atoms with E-state index in [2.05, 4.69) is 85.5 Å². The molecule has 0 spiro atoms. The van der Waals surface area contributed by atoms with Gasteiger partial charge in [0.1, 0.15) is 5.70 Å². The van der Waals surface area contributed by atoms with Gasteiger partial charge in [-0.2, -0.15) is 0 Å². The van der Waals surface area contributed by atoms with Gasteiger partial charge in [0.25, 0.3) is 0 Å². The van der Waals surface area contributed by atoms with Gasteiger partial charge in [0.2, 0.25) is 0 Å². The monoisotopic (exact) mass is 333 g/mol. The molecule has 20 heavy (non-hydrogen) atoms. The molecule has 2 N–H and O–H groups in total. The van der Waals surface area contributed by atoms with Crippen LogP contribution in [0.4, 0.5) is 0 Å². The molecule has 0 amide bonds. The third-order valence-corrected chi connectivity index (χ3v) is 5.05. The van der Waals surface area contributed by atoms with E-state index in [-0.39, 0.29) is 4.95 Å². The number of hydrogen-bond acceptors (Lipinski definition) is 1. The van der Waals surface area contributed by atoms with Gasteiger partial charge in [0.05, 0.1) is 14.1 Å². The lowest BCUT2D eigenvalue weighted by atomic mass is 9.97. The maximum Gasteiger partial charge on any atom is 0.167 e. The summed E-state index contributed by atoms with van der Waals surface area (Å²) in [5.41, 5.74) is 10.8. The second-order valence-electron chi connectivity index (χ2n) is 5.57. The van der Waals surface area contributed by atoms with Crippen molar-refractivity contribution in [2.75, 3.05) is 20.6 Å². The predicted octanol–water partition coefficient (Wildman–Crippen LogP) is 3.59. The molecule has 1 aliphatic rings. The lowest BCUT2D eigenvalue weighted by Crippen LogP contribution is -2.45. The first-order chi connectivity index (χ1) is 9.46. The van der Waals surface area contributed by atoms with Crippen LogP contribution in [-0.4, -0.2) is 30.1 Å². The Hall–Kier alpha value is -1.16. The first kappa shape index (κ1) is 15.2. The zero-order valence-electron chi connectivity index (χ0n) is 12.3. The van der Waals surface area contributed by atoms with Gasteiger partial charge >= 0.3 is 0 Å². The lowest BCUT2D eigenvalue weighted by molar-refractivity contribution is -0.851. The fourth-order valence-electron chi connectivity index (χ4n) is 2.40. The first-order valence-electron chi connectivity index (χ1n) is 6.81. The standard InChI is InChI=1S/C17H22BrN2/c1-13-7-9-14(10-8-13)15(11-12-19)16-5-4-6-17(18)20(16,2)3/h4-11,17H,12,19H2,1-3H3/q+1/b15-11+. The summed E-state index contributed by atoms with van der Waals surface area (Å²) >= 11 is 3.74. The summed E-state index contributed by atoms with van der Waals surface area (Å²) in [6.07, 6.45) is 8.56. The lowest BCUT2D eigenvalue weighted by Gasteiger charge is -2.37. The third-order valence-electron chi connectivity index (χ3n) is 3.72. The quantitative estimate of drug-likeness (QED) is 0.510. The number of nitrogens with two attached hydrogens (primary N) is 1. The molecule has 106 valence electrons. The fourth-order valence-corrected chi connectivity index (χ4v) is 2.80. The maximum atomic E-state index is 5.79. The van der Waals surface area contributed by atoms with E-state index in [1.807, 2.05) is 0 Å². The second-order valence-corrected chi connectivity index (χ2v) is 6.51. The van der Waals surface area contributed by atoms with E-state index < -0.39 is 0 Å². The molecule has 0 aromatic heterocycles. The summed E-state index contributed by atoms with van der Waals surface area (Å²) in [6, 6.07) is 8.62. The Balaban J connectivity index is 2.49. The number of allylic oxidation sites excluding steroid dienone is 3. The van der Waals surface area contributed by atoms with Gasteiger partial charge in [0, 0.05) is 12.1 Å². The van der Waals surface area contributed by atoms with Crippen LogP contribution in [0.15, 0.2) is 54.3 Å². The largest absolute Gasteiger partial charge is 0.327 e. The van der Waals surface area contributed by atoms with Crippen LogP contribution < -0.4 is 5.73 Å². The highest BCUT2D eigenvalue weighted by molar-refractivity contribution is 9.09. The van der Waals surface area contributed by atoms with Crippen molar-refractivity contribution in [1.29, 1.82) is 0 Å². The number of alkyl halides is 1. The Bertz CT molecular complexity index is 565. The Morgan fingerprint density at radius 2 is 1.95 bits per heavy atom. The van der Waals surface area contributed by atoms with E-state index >= 15 is 0 Å². The van der Waals surface area contributed by atoms with E-state index in [0.717, 1.165) is 4.48 Å². The second kappa shape index (κ2) is 6.08. The molecular weight excluding hydrogens is 312 g/mol. The molecule has 1 unspecified atom stereocenters. The molecule has 0 aliphatic carbocycles. The SMILES string of the molecule is Cc1ccc(/C(=C\CN)C2=CC=CC(Br)[N+]2(C)C)cc1. The van der Waals surface area contributed by atoms with E-state index in [1.165, 1.54) is 22.4 Å². The zero-order valence-corrected chi connectivity index (χ0v) is 13.9. The van der Waals surface area contributed by atoms with Gasteiger partial charge < -0.3 is 5.73 Å². The van der Waals surface area contributed by atoms with Crippen LogP contribution >= 0.6 is 15.9 Å². The zero-order chi connectivity index (χ0) is 14.8. The molecule has 2 nitrogen and oxygen atoms in total. The molecule has 0 saturated heterocycles. The van der Waals surface area contributed by atoms with Crippen molar-refractivity contribution in [3.63, 3.8) is 0 Å². The fraction of sp³-hybridized carbons (Fsp3) is 0.294. The molecule has 1 aliphatic heterocycles. The third kappa shape index (κ3) is 2.95. The highest BCUT2D eigenvalue weighted by Crippen LogP contribution is 2.35. The van der Waals surface area contributed by atoms with Gasteiger partial charge in [-0.15, -0.1) is 0 Å². The smallest absolute Gasteiger partial charge is 0.167 e. The van der Waals surface area contributed by atoms with E-state index in [1.54, 1.807) is 0 Å². The van der Waals surface area contributed by atoms with Gasteiger partial charge in [-0.3, -0.25) is 4.48 Å². The number of halogens is 1. The molecule has 1 aromatic carbocycles. The molecule has 0 saturated carbocycles. The summed E-state index contributed by atoms with van der Waals surface area (Å²) in [5.74, 6) is 0. The first-order valence-corrected chi connectivity index (χ1v) is 7.73. The molecule has 1 aromatic rings. The minimum Gasteiger partial charge on any atom is -0.327 e. The van der Waals surface area contributed by atoms with Crippen LogP contribution in [0.25, 0.3) is 5.57 Å². The van der Waals surface area contributed by atoms with Crippen LogP contribution in [-0.2, 0) is 0 Å². The summed E-state index contributed by atoms with van der Waals surface area (Å²) in [4.78, 5) is 0.272. The number of quaternary nitrogens is 1. The van der Waals surface area contributed by atoms with E-state index in [9.17, 15) is 0 Å². The van der Waals surface area contributed by atoms with Crippen LogP contribution in [0.1, 0.15) is 11.1 Å². The number of hydrogen-bond donors (Lipinski definition) is 1. The molecule has 2 rings (SSSR count). The van der Waals surface area contributed by atoms with E-state index in [4.69, 9.17) is 5.73 Å². The van der Waals surface area contributed by atoms with Gasteiger partial charge in [-0.1, -0.05) is 42.0 Å². The van der Waals surface area contributed by atoms with Crippen LogP contribution in [0.5, 0.6) is 0 Å². The topological polar surface area (TPSA) is 26.0 Å². The average Bonchev–Trinajstić information content (AvgIpc) is 2.41. The number of likely N-dealkylation sites (N-methyl/N-ethyl adjacent to an activating group) is 1. The Morgan fingerprint density at radius 3 is 2.55 bits per heavy atom. The van der Waals surface area contributed by atoms with Crippen molar-refractivity contribution in [2.24, 2.45) is 5.73 Å². The molecule has 0 radical (unpaired) electrons. The summed E-state index contributed by atoms with van der Waals surface area (Å²) < 4.78 is 0.760. The molecule has 1 heterocycles. The summed E-state index contributed by atoms with van der Waals surface area (Å²) in [6.45, 7) is 2.64. The predicted molar refractivity (Wildman–Crippen MR) is 90.3 cm³/mol. The van der Waals surface area contributed by atoms with E-state index in [0.29, 0.717) is 6.54 Å². The highest BCUT2D eigenvalue weighted by Gasteiger charge is 2.33. The van der Waals surface area contributed by atoms with Crippen LogP contribution in [0.2, 0.25) is 0 Å². The maximum absolute atomic E-state index is 5.79. The van der Waals surface area contributed by atoms with Gasteiger partial charge in [-0.05, 0) is 40.6 Å². The van der Waals surface area contributed by atoms with Crippen molar-refractivity contribution in [3.8, 4) is 0 Å². The average molecular weight is 334 g/mol. The molecule has 1 atom stereocenters. The number of rotatable bonds is 3. The highest BCUT2D eigenvalue weighted by atomic mass is 79.9. The molecular formula is C17H22BrN2+. The minimum atomic E-state index is 0.272. The van der Waals surface area contributed by atoms with Crippen molar-refractivity contribution in [3.05, 3.63) is 65.4 Å². The Morgan fingerprint density at radius 1 is 1.30 bits per heavy atom. The summed E-state index contributed by atoms with van der Waals surface area (Å²) in [5, 5.41) is 0. The number of aryl methyl sites for hydroxylation is 1. The number of benzene rings is 1. The molecule has 3 heteroatoms.